The first-order chi connectivity index (χ1) is 14.3. The van der Waals surface area contributed by atoms with Crippen LogP contribution in [-0.2, 0) is 21.1 Å². The number of sulfone groups is 1. The predicted octanol–water partition coefficient (Wildman–Crippen LogP) is 2.60. The molecule has 8 heteroatoms. The van der Waals surface area contributed by atoms with Crippen LogP contribution in [0.2, 0.25) is 0 Å². The smallest absolute Gasteiger partial charge is 0.325 e. The lowest BCUT2D eigenvalue weighted by molar-refractivity contribution is -0.116. The highest BCUT2D eigenvalue weighted by atomic mass is 32.2. The summed E-state index contributed by atoms with van der Waals surface area (Å²) in [6, 6.07) is 13.6. The van der Waals surface area contributed by atoms with E-state index in [9.17, 15) is 18.0 Å². The van der Waals surface area contributed by atoms with Crippen molar-refractivity contribution in [3.8, 4) is 0 Å². The monoisotopic (exact) mass is 427 g/mol. The first-order valence-electron chi connectivity index (χ1n) is 10.0. The van der Waals surface area contributed by atoms with Gasteiger partial charge in [0.05, 0.1) is 23.6 Å². The number of hydrogen-bond donors (Lipinski definition) is 1. The second-order valence-corrected chi connectivity index (χ2v) is 10.1. The van der Waals surface area contributed by atoms with E-state index in [4.69, 9.17) is 0 Å². The van der Waals surface area contributed by atoms with Crippen molar-refractivity contribution in [1.29, 1.82) is 0 Å². The van der Waals surface area contributed by atoms with Crippen LogP contribution < -0.4 is 10.2 Å². The summed E-state index contributed by atoms with van der Waals surface area (Å²) in [6.07, 6.45) is 0.875. The minimum Gasteiger partial charge on any atom is -0.325 e. The first kappa shape index (κ1) is 20.4. The average molecular weight is 428 g/mol. The molecule has 30 heavy (non-hydrogen) atoms. The van der Waals surface area contributed by atoms with E-state index in [-0.39, 0.29) is 30.0 Å². The summed E-state index contributed by atoms with van der Waals surface area (Å²) in [5, 5.41) is 2.79. The van der Waals surface area contributed by atoms with Crippen molar-refractivity contribution in [1.82, 2.24) is 4.90 Å². The van der Waals surface area contributed by atoms with Gasteiger partial charge in [0.1, 0.15) is 6.54 Å². The van der Waals surface area contributed by atoms with Crippen LogP contribution in [0.5, 0.6) is 0 Å². The number of urea groups is 1. The van der Waals surface area contributed by atoms with E-state index in [1.807, 2.05) is 50.2 Å². The molecule has 2 aromatic carbocycles. The summed E-state index contributed by atoms with van der Waals surface area (Å²) >= 11 is 0. The van der Waals surface area contributed by atoms with E-state index in [1.165, 1.54) is 9.80 Å². The average Bonchev–Trinajstić information content (AvgIpc) is 3.14. The zero-order valence-electron chi connectivity index (χ0n) is 17.0. The second kappa shape index (κ2) is 7.75. The fourth-order valence-corrected chi connectivity index (χ4v) is 6.10. The van der Waals surface area contributed by atoms with Gasteiger partial charge in [0.2, 0.25) is 5.91 Å². The largest absolute Gasteiger partial charge is 0.325 e. The third-order valence-electron chi connectivity index (χ3n) is 5.75. The molecule has 0 bridgehead atoms. The fourth-order valence-electron chi connectivity index (χ4n) is 4.15. The summed E-state index contributed by atoms with van der Waals surface area (Å²) in [7, 11) is -3.28. The van der Waals surface area contributed by atoms with Gasteiger partial charge in [0, 0.05) is 11.4 Å². The molecule has 2 aliphatic rings. The molecule has 2 saturated heterocycles. The van der Waals surface area contributed by atoms with Crippen molar-refractivity contribution in [2.75, 3.05) is 28.3 Å². The highest BCUT2D eigenvalue weighted by molar-refractivity contribution is 7.91. The predicted molar refractivity (Wildman–Crippen MR) is 116 cm³/mol. The Labute approximate surface area is 176 Å². The molecule has 0 radical (unpaired) electrons. The maximum Gasteiger partial charge on any atom is 0.325 e. The van der Waals surface area contributed by atoms with Crippen LogP contribution in [0.1, 0.15) is 18.1 Å². The Bertz CT molecular complexity index is 1060. The lowest BCUT2D eigenvalue weighted by atomic mass is 10.1. The van der Waals surface area contributed by atoms with Gasteiger partial charge in [0.25, 0.3) is 0 Å². The van der Waals surface area contributed by atoms with E-state index in [2.05, 4.69) is 5.32 Å². The molecule has 3 amide bonds. The Hall–Kier alpha value is -2.87. The number of aryl methyl sites for hydroxylation is 2. The van der Waals surface area contributed by atoms with Crippen molar-refractivity contribution in [3.05, 3.63) is 59.7 Å². The molecule has 0 saturated carbocycles. The Morgan fingerprint density at radius 3 is 2.30 bits per heavy atom. The van der Waals surface area contributed by atoms with Crippen LogP contribution in [0.4, 0.5) is 16.2 Å². The number of benzene rings is 2. The van der Waals surface area contributed by atoms with E-state index < -0.39 is 21.9 Å². The molecular formula is C22H25N3O4S. The lowest BCUT2D eigenvalue weighted by Gasteiger charge is -2.22. The number of carbonyl (C=O) groups excluding carboxylic acids is 2. The highest BCUT2D eigenvalue weighted by Gasteiger charge is 2.54. The standard InChI is InChI=1S/C22H25N3O4S/c1-3-16-6-10-18(11-7-16)25-20-14-30(28,29)13-19(20)24(22(25)27)12-21(26)23-17-8-4-15(2)5-9-17/h4-11,19-20H,3,12-14H2,1-2H3,(H,23,26)/t19-,20-/m0/s1. The summed E-state index contributed by atoms with van der Waals surface area (Å²) in [5.41, 5.74) is 3.51. The molecule has 2 fully saturated rings. The molecule has 0 aliphatic carbocycles. The van der Waals surface area contributed by atoms with E-state index in [0.29, 0.717) is 11.4 Å². The van der Waals surface area contributed by atoms with Crippen molar-refractivity contribution < 1.29 is 18.0 Å². The highest BCUT2D eigenvalue weighted by Crippen LogP contribution is 2.35. The maximum absolute atomic E-state index is 13.2. The number of rotatable bonds is 5. The molecule has 4 rings (SSSR count). The lowest BCUT2D eigenvalue weighted by Crippen LogP contribution is -2.42. The van der Waals surface area contributed by atoms with Crippen LogP contribution in [-0.4, -0.2) is 55.4 Å². The molecule has 0 aromatic heterocycles. The Morgan fingerprint density at radius 1 is 1.03 bits per heavy atom. The molecular weight excluding hydrogens is 402 g/mol. The van der Waals surface area contributed by atoms with Crippen molar-refractivity contribution in [2.45, 2.75) is 32.4 Å². The molecule has 0 unspecified atom stereocenters. The molecule has 1 N–H and O–H groups in total. The number of amides is 3. The van der Waals surface area contributed by atoms with Gasteiger partial charge < -0.3 is 10.2 Å². The maximum atomic E-state index is 13.2. The van der Waals surface area contributed by atoms with Crippen LogP contribution >= 0.6 is 0 Å². The normalized spacial score (nSPS) is 22.3. The van der Waals surface area contributed by atoms with Crippen LogP contribution in [0.25, 0.3) is 0 Å². The third-order valence-corrected chi connectivity index (χ3v) is 7.45. The number of anilines is 2. The number of carbonyl (C=O) groups is 2. The van der Waals surface area contributed by atoms with Crippen molar-refractivity contribution >= 4 is 33.2 Å². The number of fused-ring (bicyclic) bond motifs is 1. The number of nitrogens with zero attached hydrogens (tertiary/aromatic N) is 2. The van der Waals surface area contributed by atoms with Gasteiger partial charge >= 0.3 is 6.03 Å². The Morgan fingerprint density at radius 2 is 1.67 bits per heavy atom. The fraction of sp³-hybridized carbons (Fsp3) is 0.364. The van der Waals surface area contributed by atoms with Crippen LogP contribution in [0, 0.1) is 6.92 Å². The molecule has 158 valence electrons. The zero-order chi connectivity index (χ0) is 21.5. The summed E-state index contributed by atoms with van der Waals surface area (Å²) in [5.74, 6) is -0.557. The van der Waals surface area contributed by atoms with Gasteiger partial charge in [-0.1, -0.05) is 36.8 Å². The molecule has 2 aromatic rings. The molecule has 7 nitrogen and oxygen atoms in total. The molecule has 0 spiro atoms. The summed E-state index contributed by atoms with van der Waals surface area (Å²) in [4.78, 5) is 28.7. The minimum absolute atomic E-state index is 0.0883. The van der Waals surface area contributed by atoms with Gasteiger partial charge in [-0.2, -0.15) is 0 Å². The van der Waals surface area contributed by atoms with E-state index in [1.54, 1.807) is 12.1 Å². The SMILES string of the molecule is CCc1ccc(N2C(=O)N(CC(=O)Nc3ccc(C)cc3)[C@H]3CS(=O)(=O)C[C@@H]32)cc1. The summed E-state index contributed by atoms with van der Waals surface area (Å²) in [6.45, 7) is 3.81. The quantitative estimate of drug-likeness (QED) is 0.743. The van der Waals surface area contributed by atoms with Gasteiger partial charge in [-0.25, -0.2) is 13.2 Å². The Balaban J connectivity index is 1.57. The topological polar surface area (TPSA) is 86.8 Å². The number of hydrogen-bond acceptors (Lipinski definition) is 4. The summed E-state index contributed by atoms with van der Waals surface area (Å²) < 4.78 is 24.6. The molecule has 2 heterocycles. The van der Waals surface area contributed by atoms with Gasteiger partial charge in [-0.3, -0.25) is 9.69 Å². The number of nitrogens with one attached hydrogen (secondary N) is 1. The molecule has 2 atom stereocenters. The van der Waals surface area contributed by atoms with Gasteiger partial charge in [0.15, 0.2) is 9.84 Å². The Kier molecular flexibility index (Phi) is 5.27. The first-order valence-corrected chi connectivity index (χ1v) is 11.9. The van der Waals surface area contributed by atoms with Crippen LogP contribution in [0.3, 0.4) is 0 Å². The van der Waals surface area contributed by atoms with Crippen LogP contribution in [0.15, 0.2) is 48.5 Å². The minimum atomic E-state index is -3.28. The van der Waals surface area contributed by atoms with Gasteiger partial charge in [-0.15, -0.1) is 0 Å². The second-order valence-electron chi connectivity index (χ2n) is 7.93. The zero-order valence-corrected chi connectivity index (χ0v) is 17.9. The van der Waals surface area contributed by atoms with Gasteiger partial charge in [-0.05, 0) is 43.2 Å². The third kappa shape index (κ3) is 3.92. The van der Waals surface area contributed by atoms with Crippen molar-refractivity contribution in [3.63, 3.8) is 0 Å². The van der Waals surface area contributed by atoms with E-state index >= 15 is 0 Å². The molecule has 2 aliphatic heterocycles. The van der Waals surface area contributed by atoms with E-state index in [0.717, 1.165) is 17.5 Å². The van der Waals surface area contributed by atoms with Crippen molar-refractivity contribution in [2.24, 2.45) is 0 Å².